The van der Waals surface area contributed by atoms with Gasteiger partial charge < -0.3 is 15.2 Å². The molecule has 1 amide bonds. The van der Waals surface area contributed by atoms with Gasteiger partial charge in [0, 0.05) is 30.0 Å². The number of non-ortho nitro benzene ring substituents is 1. The van der Waals surface area contributed by atoms with Crippen molar-refractivity contribution in [1.82, 2.24) is 0 Å². The number of nitrogens with one attached hydrogen (secondary N) is 1. The Kier molecular flexibility index (Phi) is 5.46. The number of anilines is 1. The summed E-state index contributed by atoms with van der Waals surface area (Å²) in [5, 5.41) is 22.7. The highest BCUT2D eigenvalue weighted by molar-refractivity contribution is 6.06. The van der Waals surface area contributed by atoms with Gasteiger partial charge in [-0.15, -0.1) is 0 Å². The van der Waals surface area contributed by atoms with Gasteiger partial charge >= 0.3 is 5.97 Å². The molecule has 0 saturated heterocycles. The van der Waals surface area contributed by atoms with E-state index in [4.69, 9.17) is 9.84 Å². The van der Waals surface area contributed by atoms with Crippen molar-refractivity contribution < 1.29 is 24.4 Å². The average molecular weight is 370 g/mol. The molecule has 0 unspecified atom stereocenters. The van der Waals surface area contributed by atoms with Crippen molar-refractivity contribution in [3.63, 3.8) is 0 Å². The number of carboxylic acid groups (broad SMARTS) is 1. The molecule has 2 aromatic carbocycles. The topological polar surface area (TPSA) is 119 Å². The second kappa shape index (κ2) is 7.96. The molecule has 2 aromatic rings. The maximum Gasteiger partial charge on any atom is 0.335 e. The monoisotopic (exact) mass is 370 g/mol. The molecule has 0 bridgehead atoms. The van der Waals surface area contributed by atoms with E-state index in [1.807, 2.05) is 6.07 Å². The number of nitro groups is 1. The predicted octanol–water partition coefficient (Wildman–Crippen LogP) is 3.47. The Morgan fingerprint density at radius 1 is 1.19 bits per heavy atom. The summed E-state index contributed by atoms with van der Waals surface area (Å²) in [7, 11) is 0. The van der Waals surface area contributed by atoms with Crippen LogP contribution in [0.25, 0.3) is 0 Å². The molecule has 140 valence electrons. The predicted molar refractivity (Wildman–Crippen MR) is 96.8 cm³/mol. The molecule has 0 heterocycles. The number of ether oxygens (including phenoxy) is 1. The zero-order valence-corrected chi connectivity index (χ0v) is 14.4. The number of hydrogen-bond donors (Lipinski definition) is 2. The summed E-state index contributed by atoms with van der Waals surface area (Å²) in [4.78, 5) is 33.8. The van der Waals surface area contributed by atoms with Crippen LogP contribution in [0.15, 0.2) is 42.5 Å². The molecule has 1 aliphatic carbocycles. The van der Waals surface area contributed by atoms with Crippen LogP contribution >= 0.6 is 0 Å². The van der Waals surface area contributed by atoms with Crippen LogP contribution in [0.4, 0.5) is 11.4 Å². The third kappa shape index (κ3) is 5.11. The number of rotatable bonds is 8. The lowest BCUT2D eigenvalue weighted by atomic mass is 10.1. The molecule has 8 heteroatoms. The van der Waals surface area contributed by atoms with Gasteiger partial charge in [-0.3, -0.25) is 14.9 Å². The third-order valence-electron chi connectivity index (χ3n) is 4.14. The normalized spacial score (nSPS) is 13.2. The Hall–Kier alpha value is -3.26. The highest BCUT2D eigenvalue weighted by atomic mass is 16.6. The number of carbonyl (C=O) groups excluding carboxylic acids is 1. The van der Waals surface area contributed by atoms with Gasteiger partial charge in [0.1, 0.15) is 0 Å². The fraction of sp³-hybridized carbons (Fsp3) is 0.263. The van der Waals surface area contributed by atoms with Crippen molar-refractivity contribution >= 4 is 23.3 Å². The number of carbonyl (C=O) groups is 2. The molecule has 2 N–H and O–H groups in total. The van der Waals surface area contributed by atoms with Crippen LogP contribution in [0.1, 0.15) is 39.1 Å². The minimum absolute atomic E-state index is 0.100. The van der Waals surface area contributed by atoms with Crippen LogP contribution in [0, 0.1) is 16.0 Å². The van der Waals surface area contributed by atoms with Gasteiger partial charge in [-0.2, -0.15) is 0 Å². The van der Waals surface area contributed by atoms with E-state index in [9.17, 15) is 19.7 Å². The number of nitrogens with zero attached hydrogens (tertiary/aromatic N) is 1. The van der Waals surface area contributed by atoms with Gasteiger partial charge in [0.2, 0.25) is 0 Å². The Labute approximate surface area is 154 Å². The molecule has 0 aliphatic heterocycles. The Morgan fingerprint density at radius 2 is 1.93 bits per heavy atom. The van der Waals surface area contributed by atoms with Gasteiger partial charge in [0.05, 0.1) is 17.1 Å². The summed E-state index contributed by atoms with van der Waals surface area (Å²) >= 11 is 0. The van der Waals surface area contributed by atoms with Crippen LogP contribution in [-0.4, -0.2) is 28.5 Å². The first-order chi connectivity index (χ1) is 12.9. The highest BCUT2D eigenvalue weighted by Crippen LogP contribution is 2.29. The number of carboxylic acids is 1. The molecular formula is C19H18N2O6. The van der Waals surface area contributed by atoms with Gasteiger partial charge in [-0.25, -0.2) is 4.79 Å². The lowest BCUT2D eigenvalue weighted by Gasteiger charge is -2.09. The van der Waals surface area contributed by atoms with E-state index in [0.29, 0.717) is 18.2 Å². The Bertz CT molecular complexity index is 859. The van der Waals surface area contributed by atoms with Gasteiger partial charge in [0.15, 0.2) is 0 Å². The summed E-state index contributed by atoms with van der Waals surface area (Å²) in [5.41, 5.74) is 0.505. The SMILES string of the molecule is O=C(O)c1cc(C(=O)Nc2cccc(COCC3CC3)c2)cc([N+](=O)[O-])c1. The molecule has 0 atom stereocenters. The molecule has 1 saturated carbocycles. The van der Waals surface area contributed by atoms with Crippen LogP contribution in [0.3, 0.4) is 0 Å². The maximum absolute atomic E-state index is 12.4. The largest absolute Gasteiger partial charge is 0.478 e. The summed E-state index contributed by atoms with van der Waals surface area (Å²) in [6.45, 7) is 1.16. The zero-order chi connectivity index (χ0) is 19.4. The number of hydrogen-bond acceptors (Lipinski definition) is 5. The van der Waals surface area contributed by atoms with Crippen molar-refractivity contribution in [1.29, 1.82) is 0 Å². The molecule has 8 nitrogen and oxygen atoms in total. The molecule has 27 heavy (non-hydrogen) atoms. The Balaban J connectivity index is 1.72. The summed E-state index contributed by atoms with van der Waals surface area (Å²) < 4.78 is 5.62. The number of nitro benzene ring substituents is 1. The number of benzene rings is 2. The first-order valence-corrected chi connectivity index (χ1v) is 8.43. The van der Waals surface area contributed by atoms with E-state index in [1.54, 1.807) is 18.2 Å². The van der Waals surface area contributed by atoms with Crippen molar-refractivity contribution in [3.8, 4) is 0 Å². The van der Waals surface area contributed by atoms with Crippen LogP contribution in [-0.2, 0) is 11.3 Å². The van der Waals surface area contributed by atoms with E-state index in [-0.39, 0.29) is 11.1 Å². The molecule has 0 radical (unpaired) electrons. The highest BCUT2D eigenvalue weighted by Gasteiger charge is 2.21. The zero-order valence-electron chi connectivity index (χ0n) is 14.4. The van der Waals surface area contributed by atoms with Gasteiger partial charge in [0.25, 0.3) is 11.6 Å². The van der Waals surface area contributed by atoms with E-state index >= 15 is 0 Å². The Morgan fingerprint density at radius 3 is 2.59 bits per heavy atom. The molecule has 0 aromatic heterocycles. The molecule has 0 spiro atoms. The van der Waals surface area contributed by atoms with E-state index in [2.05, 4.69) is 5.32 Å². The number of aromatic carboxylic acids is 1. The lowest BCUT2D eigenvalue weighted by Crippen LogP contribution is -2.13. The van der Waals surface area contributed by atoms with E-state index < -0.39 is 22.5 Å². The van der Waals surface area contributed by atoms with Crippen LogP contribution in [0.5, 0.6) is 0 Å². The van der Waals surface area contributed by atoms with E-state index in [0.717, 1.165) is 30.4 Å². The molecular weight excluding hydrogens is 352 g/mol. The van der Waals surface area contributed by atoms with Gasteiger partial charge in [-0.05, 0) is 42.5 Å². The first kappa shape index (κ1) is 18.5. The minimum Gasteiger partial charge on any atom is -0.478 e. The van der Waals surface area contributed by atoms with Crippen molar-refractivity contribution in [2.45, 2.75) is 19.4 Å². The first-order valence-electron chi connectivity index (χ1n) is 8.43. The molecule has 1 fully saturated rings. The lowest BCUT2D eigenvalue weighted by molar-refractivity contribution is -0.384. The quantitative estimate of drug-likeness (QED) is 0.542. The van der Waals surface area contributed by atoms with Crippen molar-refractivity contribution in [3.05, 3.63) is 69.3 Å². The van der Waals surface area contributed by atoms with Gasteiger partial charge in [-0.1, -0.05) is 12.1 Å². The standard InChI is InChI=1S/C19H18N2O6/c22-18(14-7-15(19(23)24)9-17(8-14)21(25)26)20-16-3-1-2-13(6-16)11-27-10-12-4-5-12/h1-3,6-9,12H,4-5,10-11H2,(H,20,22)(H,23,24). The summed E-state index contributed by atoms with van der Waals surface area (Å²) in [6, 6.07) is 10.1. The number of amides is 1. The van der Waals surface area contributed by atoms with Crippen molar-refractivity contribution in [2.24, 2.45) is 5.92 Å². The molecule has 3 rings (SSSR count). The average Bonchev–Trinajstić information content (AvgIpc) is 3.46. The van der Waals surface area contributed by atoms with Crippen molar-refractivity contribution in [2.75, 3.05) is 11.9 Å². The van der Waals surface area contributed by atoms with Crippen LogP contribution < -0.4 is 5.32 Å². The fourth-order valence-electron chi connectivity index (χ4n) is 2.54. The summed E-state index contributed by atoms with van der Waals surface area (Å²) in [5.74, 6) is -1.31. The maximum atomic E-state index is 12.4. The minimum atomic E-state index is -1.34. The fourth-order valence-corrected chi connectivity index (χ4v) is 2.54. The second-order valence-corrected chi connectivity index (χ2v) is 6.44. The van der Waals surface area contributed by atoms with E-state index in [1.165, 1.54) is 12.8 Å². The molecule has 1 aliphatic rings. The van der Waals surface area contributed by atoms with Crippen LogP contribution in [0.2, 0.25) is 0 Å². The second-order valence-electron chi connectivity index (χ2n) is 6.44. The smallest absolute Gasteiger partial charge is 0.335 e. The third-order valence-corrected chi connectivity index (χ3v) is 4.14. The summed E-state index contributed by atoms with van der Waals surface area (Å²) in [6.07, 6.45) is 2.41.